The monoisotopic (exact) mass is 438 g/mol. The molecule has 4 N–H and O–H groups in total. The smallest absolute Gasteiger partial charge is 0.123 e. The highest BCUT2D eigenvalue weighted by Crippen LogP contribution is 2.49. The van der Waals surface area contributed by atoms with Crippen LogP contribution in [0.5, 0.6) is 0 Å². The number of hydrogen-bond donors (Lipinski definition) is 4. The number of hydrogen-bond acceptors (Lipinski definition) is 5. The summed E-state index contributed by atoms with van der Waals surface area (Å²) >= 11 is 0. The highest BCUT2D eigenvalue weighted by Gasteiger charge is 2.37. The molecule has 0 saturated carbocycles. The Labute approximate surface area is 194 Å². The Kier molecular flexibility index (Phi) is 4.30. The minimum atomic E-state index is -0.134. The van der Waals surface area contributed by atoms with Gasteiger partial charge in [0.1, 0.15) is 11.7 Å². The fourth-order valence-electron chi connectivity index (χ4n) is 5.91. The summed E-state index contributed by atoms with van der Waals surface area (Å²) in [6.45, 7) is 5.25. The van der Waals surface area contributed by atoms with E-state index in [0.717, 1.165) is 43.4 Å². The third-order valence-electron chi connectivity index (χ3n) is 7.91. The number of aromatic amines is 1. The summed E-state index contributed by atoms with van der Waals surface area (Å²) in [4.78, 5) is 13.1. The molecule has 0 amide bonds. The first-order valence-corrected chi connectivity index (χ1v) is 12.3. The maximum atomic E-state index is 4.87. The van der Waals surface area contributed by atoms with E-state index < -0.39 is 0 Å². The van der Waals surface area contributed by atoms with Gasteiger partial charge >= 0.3 is 0 Å². The van der Waals surface area contributed by atoms with Gasteiger partial charge in [0, 0.05) is 5.56 Å². The number of H-pyrrole nitrogens is 1. The Morgan fingerprint density at radius 2 is 1.64 bits per heavy atom. The number of aromatic nitrogens is 2. The first-order valence-electron chi connectivity index (χ1n) is 12.3. The highest BCUT2D eigenvalue weighted by atomic mass is 15.2. The van der Waals surface area contributed by atoms with Crippen LogP contribution in [-0.4, -0.2) is 41.5 Å². The molecule has 1 aliphatic carbocycles. The molecule has 33 heavy (non-hydrogen) atoms. The van der Waals surface area contributed by atoms with Crippen LogP contribution in [0, 0.1) is 0 Å². The summed E-state index contributed by atoms with van der Waals surface area (Å²) in [6, 6.07) is 14.5. The molecule has 2 fully saturated rings. The molecule has 1 aromatic heterocycles. The first-order chi connectivity index (χ1) is 16.2. The van der Waals surface area contributed by atoms with Gasteiger partial charge in [0.25, 0.3) is 0 Å². The summed E-state index contributed by atoms with van der Waals surface area (Å²) in [5.41, 5.74) is 8.85. The zero-order chi connectivity index (χ0) is 22.0. The Morgan fingerprint density at radius 3 is 2.42 bits per heavy atom. The molecule has 2 aromatic carbocycles. The van der Waals surface area contributed by atoms with Gasteiger partial charge < -0.3 is 20.9 Å². The van der Waals surface area contributed by atoms with E-state index in [2.05, 4.69) is 69.2 Å². The van der Waals surface area contributed by atoms with Crippen molar-refractivity contribution in [3.05, 3.63) is 54.0 Å². The summed E-state index contributed by atoms with van der Waals surface area (Å²) in [6.07, 6.45) is 6.76. The van der Waals surface area contributed by atoms with Crippen molar-refractivity contribution in [1.82, 2.24) is 25.9 Å². The van der Waals surface area contributed by atoms with Crippen molar-refractivity contribution in [2.24, 2.45) is 4.99 Å². The first kappa shape index (κ1) is 19.5. The normalized spacial score (nSPS) is 27.6. The molecule has 0 radical (unpaired) electrons. The summed E-state index contributed by atoms with van der Waals surface area (Å²) < 4.78 is 0. The van der Waals surface area contributed by atoms with Crippen LogP contribution >= 0.6 is 0 Å². The standard InChI is InChI=1S/C27H30N6/c1-27(15-31-26(33-27)23-5-3-11-29-23)17-7-9-19-20-12-16(6-8-18(20)21(19)13-17)24-14-30-25(32-24)22-4-2-10-28-22/h6-9,12-14,22-23,28-29H,2-5,10-11,15H2,1H3,(H,30,32)(H,31,33). The van der Waals surface area contributed by atoms with Gasteiger partial charge in [-0.15, -0.1) is 0 Å². The van der Waals surface area contributed by atoms with Gasteiger partial charge in [0.15, 0.2) is 0 Å². The molecular formula is C27H30N6. The molecule has 0 bridgehead atoms. The van der Waals surface area contributed by atoms with Crippen LogP contribution in [0.4, 0.5) is 0 Å². The van der Waals surface area contributed by atoms with Gasteiger partial charge in [-0.1, -0.05) is 24.3 Å². The van der Waals surface area contributed by atoms with Gasteiger partial charge in [-0.05, 0) is 85.6 Å². The van der Waals surface area contributed by atoms with Crippen LogP contribution < -0.4 is 16.0 Å². The quantitative estimate of drug-likeness (QED) is 0.387. The number of imidazole rings is 1. The van der Waals surface area contributed by atoms with Gasteiger partial charge in [-0.2, -0.15) is 0 Å². The van der Waals surface area contributed by atoms with E-state index in [4.69, 9.17) is 4.99 Å². The van der Waals surface area contributed by atoms with Crippen molar-refractivity contribution < 1.29 is 0 Å². The molecule has 0 spiro atoms. The lowest BCUT2D eigenvalue weighted by molar-refractivity contribution is 0.476. The van der Waals surface area contributed by atoms with Gasteiger partial charge in [0.05, 0.1) is 36.1 Å². The Hall–Kier alpha value is -2.96. The number of amidine groups is 1. The van der Waals surface area contributed by atoms with Gasteiger partial charge in [-0.25, -0.2) is 4.98 Å². The van der Waals surface area contributed by atoms with Crippen molar-refractivity contribution in [1.29, 1.82) is 0 Å². The second-order valence-corrected chi connectivity index (χ2v) is 10.2. The Balaban J connectivity index is 1.13. The topological polar surface area (TPSA) is 77.1 Å². The van der Waals surface area contributed by atoms with Crippen LogP contribution in [0.15, 0.2) is 47.6 Å². The van der Waals surface area contributed by atoms with Crippen LogP contribution in [0.25, 0.3) is 33.5 Å². The van der Waals surface area contributed by atoms with E-state index >= 15 is 0 Å². The zero-order valence-corrected chi connectivity index (χ0v) is 19.0. The molecule has 6 nitrogen and oxygen atoms in total. The molecule has 6 heteroatoms. The Morgan fingerprint density at radius 1 is 0.879 bits per heavy atom. The van der Waals surface area contributed by atoms with E-state index in [1.54, 1.807) is 0 Å². The highest BCUT2D eigenvalue weighted by molar-refractivity contribution is 6.04. The number of nitrogens with zero attached hydrogens (tertiary/aromatic N) is 2. The van der Waals surface area contributed by atoms with E-state index in [-0.39, 0.29) is 5.54 Å². The maximum absolute atomic E-state index is 4.87. The third kappa shape index (κ3) is 3.08. The van der Waals surface area contributed by atoms with Crippen molar-refractivity contribution in [2.75, 3.05) is 19.6 Å². The largest absolute Gasteiger partial charge is 0.361 e. The number of fused-ring (bicyclic) bond motifs is 4. The van der Waals surface area contributed by atoms with Crippen molar-refractivity contribution in [2.45, 2.75) is 50.2 Å². The zero-order valence-electron chi connectivity index (χ0n) is 19.0. The predicted molar refractivity (Wildman–Crippen MR) is 132 cm³/mol. The molecular weight excluding hydrogens is 408 g/mol. The molecule has 7 rings (SSSR count). The van der Waals surface area contributed by atoms with E-state index in [1.807, 2.05) is 6.20 Å². The molecule has 3 aliphatic heterocycles. The molecule has 4 aliphatic rings. The van der Waals surface area contributed by atoms with E-state index in [9.17, 15) is 0 Å². The number of benzene rings is 2. The predicted octanol–water partition coefficient (Wildman–Crippen LogP) is 4.12. The maximum Gasteiger partial charge on any atom is 0.123 e. The van der Waals surface area contributed by atoms with Gasteiger partial charge in [0.2, 0.25) is 0 Å². The van der Waals surface area contributed by atoms with E-state index in [0.29, 0.717) is 12.1 Å². The fraction of sp³-hybridized carbons (Fsp3) is 0.407. The summed E-state index contributed by atoms with van der Waals surface area (Å²) in [5, 5.41) is 10.8. The Bertz CT molecular complexity index is 1260. The lowest BCUT2D eigenvalue weighted by atomic mass is 9.77. The van der Waals surface area contributed by atoms with Crippen LogP contribution in [-0.2, 0) is 5.54 Å². The minimum absolute atomic E-state index is 0.134. The second kappa shape index (κ2) is 7.27. The minimum Gasteiger partial charge on any atom is -0.361 e. The molecule has 2 saturated heterocycles. The van der Waals surface area contributed by atoms with Crippen molar-refractivity contribution in [3.63, 3.8) is 0 Å². The lowest BCUT2D eigenvalue weighted by Crippen LogP contribution is -2.46. The van der Waals surface area contributed by atoms with Crippen LogP contribution in [0.2, 0.25) is 0 Å². The third-order valence-corrected chi connectivity index (χ3v) is 7.91. The van der Waals surface area contributed by atoms with Crippen LogP contribution in [0.3, 0.4) is 0 Å². The van der Waals surface area contributed by atoms with Gasteiger partial charge in [-0.3, -0.25) is 4.99 Å². The lowest BCUT2D eigenvalue weighted by Gasteiger charge is -2.31. The summed E-state index contributed by atoms with van der Waals surface area (Å²) in [5.74, 6) is 2.19. The second-order valence-electron chi connectivity index (χ2n) is 10.2. The SMILES string of the molecule is CC1(c2ccc3c(c2)-c2ccc(-c4cnc(C5CCCN5)[nH]4)cc2-3)CN=C(C2CCCN2)N1. The summed E-state index contributed by atoms with van der Waals surface area (Å²) in [7, 11) is 0. The van der Waals surface area contributed by atoms with Crippen molar-refractivity contribution >= 4 is 5.84 Å². The average Bonchev–Trinajstić information content (AvgIpc) is 3.62. The van der Waals surface area contributed by atoms with E-state index in [1.165, 1.54) is 52.6 Å². The molecule has 168 valence electrons. The molecule has 3 aromatic rings. The number of aliphatic imine (C=N–C) groups is 1. The number of rotatable bonds is 4. The number of nitrogens with one attached hydrogen (secondary N) is 4. The molecule has 3 atom stereocenters. The van der Waals surface area contributed by atoms with Crippen LogP contribution in [0.1, 0.15) is 50.0 Å². The molecule has 4 heterocycles. The molecule has 3 unspecified atom stereocenters. The average molecular weight is 439 g/mol. The van der Waals surface area contributed by atoms with Crippen molar-refractivity contribution in [3.8, 4) is 33.5 Å². The fourth-order valence-corrected chi connectivity index (χ4v) is 5.91.